The fourth-order valence-electron chi connectivity index (χ4n) is 2.99. The first-order valence-corrected chi connectivity index (χ1v) is 11.6. The minimum atomic E-state index is -4.75. The molecule has 11 heteroatoms. The van der Waals surface area contributed by atoms with Gasteiger partial charge in [-0.05, 0) is 42.8 Å². The van der Waals surface area contributed by atoms with Crippen molar-refractivity contribution in [2.45, 2.75) is 18.0 Å². The van der Waals surface area contributed by atoms with Gasteiger partial charge in [-0.3, -0.25) is 9.10 Å². The summed E-state index contributed by atoms with van der Waals surface area (Å²) in [7, 11) is -4.45. The number of anilines is 1. The highest BCUT2D eigenvalue weighted by molar-refractivity contribution is 7.92. The van der Waals surface area contributed by atoms with Gasteiger partial charge in [0, 0.05) is 0 Å². The predicted octanol–water partition coefficient (Wildman–Crippen LogP) is 5.01. The van der Waals surface area contributed by atoms with E-state index >= 15 is 0 Å². The van der Waals surface area contributed by atoms with Crippen molar-refractivity contribution in [3.05, 3.63) is 94.5 Å². The zero-order valence-corrected chi connectivity index (χ0v) is 19.3. The number of alkyl halides is 3. The van der Waals surface area contributed by atoms with Gasteiger partial charge in [0.2, 0.25) is 0 Å². The molecule has 34 heavy (non-hydrogen) atoms. The topological polar surface area (TPSA) is 78.8 Å². The second-order valence-corrected chi connectivity index (χ2v) is 9.47. The maximum atomic E-state index is 13.3. The average molecular weight is 510 g/mol. The fraction of sp³-hybridized carbons (Fsp3) is 0.130. The van der Waals surface area contributed by atoms with E-state index in [9.17, 15) is 26.4 Å². The lowest BCUT2D eigenvalue weighted by molar-refractivity contribution is -0.137. The third-order valence-corrected chi connectivity index (χ3v) is 6.70. The standard InChI is InChI=1S/C23H19ClF3N3O3S/c1-16-6-5-7-17(12-16)14-28-29-22(31)15-30(34(32,33)19-8-3-2-4-9-19)21-13-18(23(25,26)27)10-11-20(21)24/h2-14H,15H2,1H3,(H,29,31)/b28-14-. The van der Waals surface area contributed by atoms with Crippen molar-refractivity contribution in [3.63, 3.8) is 0 Å². The Bertz CT molecular complexity index is 1310. The summed E-state index contributed by atoms with van der Waals surface area (Å²) in [4.78, 5) is 12.3. The molecule has 3 aromatic rings. The molecule has 0 saturated carbocycles. The number of benzene rings is 3. The van der Waals surface area contributed by atoms with Crippen LogP contribution in [0.2, 0.25) is 5.02 Å². The minimum absolute atomic E-state index is 0.223. The van der Waals surface area contributed by atoms with Gasteiger partial charge >= 0.3 is 6.18 Å². The van der Waals surface area contributed by atoms with Crippen LogP contribution < -0.4 is 9.73 Å². The lowest BCUT2D eigenvalue weighted by Gasteiger charge is -2.25. The average Bonchev–Trinajstić information content (AvgIpc) is 2.78. The number of rotatable bonds is 7. The molecule has 0 bridgehead atoms. The fourth-order valence-corrected chi connectivity index (χ4v) is 4.72. The van der Waals surface area contributed by atoms with Crippen LogP contribution in [0.4, 0.5) is 18.9 Å². The van der Waals surface area contributed by atoms with E-state index in [1.165, 1.54) is 30.5 Å². The number of amides is 1. The monoisotopic (exact) mass is 509 g/mol. The van der Waals surface area contributed by atoms with Crippen molar-refractivity contribution in [3.8, 4) is 0 Å². The number of hydrazone groups is 1. The first-order valence-electron chi connectivity index (χ1n) is 9.81. The van der Waals surface area contributed by atoms with Crippen LogP contribution in [0.5, 0.6) is 0 Å². The number of nitrogens with zero attached hydrogens (tertiary/aromatic N) is 2. The summed E-state index contributed by atoms with van der Waals surface area (Å²) in [6.07, 6.45) is -3.39. The second-order valence-electron chi connectivity index (χ2n) is 7.20. The summed E-state index contributed by atoms with van der Waals surface area (Å²) >= 11 is 6.08. The lowest BCUT2D eigenvalue weighted by atomic mass is 10.2. The van der Waals surface area contributed by atoms with Crippen LogP contribution >= 0.6 is 11.6 Å². The van der Waals surface area contributed by atoms with E-state index in [1.807, 2.05) is 19.1 Å². The summed E-state index contributed by atoms with van der Waals surface area (Å²) in [5, 5.41) is 3.53. The molecule has 0 atom stereocenters. The van der Waals surface area contributed by atoms with Crippen LogP contribution in [-0.2, 0) is 21.0 Å². The van der Waals surface area contributed by atoms with Gasteiger partial charge in [0.25, 0.3) is 15.9 Å². The van der Waals surface area contributed by atoms with Crippen LogP contribution in [0.15, 0.2) is 82.8 Å². The summed E-state index contributed by atoms with van der Waals surface area (Å²) in [6, 6.07) is 16.5. The molecule has 0 heterocycles. The molecule has 0 spiro atoms. The molecule has 0 aliphatic carbocycles. The third kappa shape index (κ3) is 6.15. The molecule has 0 aliphatic heterocycles. The lowest BCUT2D eigenvalue weighted by Crippen LogP contribution is -2.40. The maximum Gasteiger partial charge on any atom is 0.416 e. The maximum absolute atomic E-state index is 13.3. The molecular formula is C23H19ClF3N3O3S. The molecule has 178 valence electrons. The van der Waals surface area contributed by atoms with E-state index in [4.69, 9.17) is 11.6 Å². The Kier molecular flexibility index (Phi) is 7.63. The van der Waals surface area contributed by atoms with E-state index in [-0.39, 0.29) is 9.92 Å². The predicted molar refractivity (Wildman–Crippen MR) is 124 cm³/mol. The zero-order valence-electron chi connectivity index (χ0n) is 17.8. The minimum Gasteiger partial charge on any atom is -0.271 e. The SMILES string of the molecule is Cc1cccc(/C=N\NC(=O)CN(c2cc(C(F)(F)F)ccc2Cl)S(=O)(=O)c2ccccc2)c1. The number of aryl methyl sites for hydroxylation is 1. The van der Waals surface area contributed by atoms with Crippen molar-refractivity contribution in [1.82, 2.24) is 5.43 Å². The van der Waals surface area contributed by atoms with Crippen molar-refractivity contribution < 1.29 is 26.4 Å². The highest BCUT2D eigenvalue weighted by Crippen LogP contribution is 2.37. The molecule has 0 unspecified atom stereocenters. The molecule has 0 fully saturated rings. The summed E-state index contributed by atoms with van der Waals surface area (Å²) < 4.78 is 67.0. The molecule has 3 aromatic carbocycles. The van der Waals surface area contributed by atoms with Gasteiger partial charge in [-0.15, -0.1) is 0 Å². The van der Waals surface area contributed by atoms with Crippen LogP contribution in [0.3, 0.4) is 0 Å². The zero-order chi connectivity index (χ0) is 24.9. The highest BCUT2D eigenvalue weighted by Gasteiger charge is 2.34. The Hall–Kier alpha value is -3.37. The molecule has 0 aliphatic rings. The molecule has 6 nitrogen and oxygen atoms in total. The molecule has 0 saturated heterocycles. The van der Waals surface area contributed by atoms with Gasteiger partial charge in [0.05, 0.1) is 27.4 Å². The van der Waals surface area contributed by atoms with Crippen molar-refractivity contribution >= 4 is 39.4 Å². The smallest absolute Gasteiger partial charge is 0.271 e. The van der Waals surface area contributed by atoms with Crippen molar-refractivity contribution in [2.75, 3.05) is 10.8 Å². The van der Waals surface area contributed by atoms with Gasteiger partial charge in [0.1, 0.15) is 6.54 Å². The molecule has 0 aromatic heterocycles. The Morgan fingerprint density at radius 1 is 1.06 bits per heavy atom. The Balaban J connectivity index is 1.95. The summed E-state index contributed by atoms with van der Waals surface area (Å²) in [5.41, 5.74) is 2.25. The number of nitrogens with one attached hydrogen (secondary N) is 1. The third-order valence-electron chi connectivity index (χ3n) is 4.61. The van der Waals surface area contributed by atoms with Crippen LogP contribution in [0, 0.1) is 6.92 Å². The first-order chi connectivity index (χ1) is 16.0. The second kappa shape index (κ2) is 10.3. The van der Waals surface area contributed by atoms with Gasteiger partial charge < -0.3 is 0 Å². The molecule has 1 N–H and O–H groups in total. The number of sulfonamides is 1. The quantitative estimate of drug-likeness (QED) is 0.359. The van der Waals surface area contributed by atoms with E-state index in [0.29, 0.717) is 15.9 Å². The van der Waals surface area contributed by atoms with Crippen LogP contribution in [-0.4, -0.2) is 27.1 Å². The van der Waals surface area contributed by atoms with Crippen LogP contribution in [0.1, 0.15) is 16.7 Å². The van der Waals surface area contributed by atoms with Gasteiger partial charge in [-0.2, -0.15) is 18.3 Å². The van der Waals surface area contributed by atoms with E-state index in [0.717, 1.165) is 17.7 Å². The summed E-state index contributed by atoms with van der Waals surface area (Å²) in [6.45, 7) is 1.02. The first kappa shape index (κ1) is 25.3. The Labute approximate surface area is 199 Å². The number of carbonyl (C=O) groups is 1. The molecule has 3 rings (SSSR count). The largest absolute Gasteiger partial charge is 0.416 e. The van der Waals surface area contributed by atoms with Gasteiger partial charge in [-0.1, -0.05) is 59.6 Å². The van der Waals surface area contributed by atoms with Crippen molar-refractivity contribution in [1.29, 1.82) is 0 Å². The Morgan fingerprint density at radius 3 is 2.41 bits per heavy atom. The molecular weight excluding hydrogens is 491 g/mol. The van der Waals surface area contributed by atoms with E-state index in [2.05, 4.69) is 10.5 Å². The molecule has 0 radical (unpaired) electrons. The van der Waals surface area contributed by atoms with Crippen LogP contribution in [0.25, 0.3) is 0 Å². The number of hydrogen-bond acceptors (Lipinski definition) is 4. The normalized spacial score (nSPS) is 12.0. The number of halogens is 4. The highest BCUT2D eigenvalue weighted by atomic mass is 35.5. The Morgan fingerprint density at radius 2 is 1.76 bits per heavy atom. The van der Waals surface area contributed by atoms with E-state index < -0.39 is 39.9 Å². The van der Waals surface area contributed by atoms with Crippen molar-refractivity contribution in [2.24, 2.45) is 5.10 Å². The summed E-state index contributed by atoms with van der Waals surface area (Å²) in [5.74, 6) is -0.878. The number of hydrogen-bond donors (Lipinski definition) is 1. The van der Waals surface area contributed by atoms with Gasteiger partial charge in [0.15, 0.2) is 0 Å². The molecule has 1 amide bonds. The van der Waals surface area contributed by atoms with E-state index in [1.54, 1.807) is 18.2 Å². The number of carbonyl (C=O) groups excluding carboxylic acids is 1. The van der Waals surface area contributed by atoms with Gasteiger partial charge in [-0.25, -0.2) is 13.8 Å².